The minimum Gasteiger partial charge on any atom is -0.465 e. The largest absolute Gasteiger partial charge is 0.465 e. The minimum atomic E-state index is -1.17. The van der Waals surface area contributed by atoms with Crippen LogP contribution in [0.1, 0.15) is 137 Å². The number of piperidine rings is 1. The van der Waals surface area contributed by atoms with E-state index in [9.17, 15) is 24.3 Å². The molecule has 0 aliphatic carbocycles. The summed E-state index contributed by atoms with van der Waals surface area (Å²) in [7, 11) is 2.71. The number of alkyl carbamates (subject to hydrolysis) is 1. The van der Waals surface area contributed by atoms with Gasteiger partial charge in [0, 0.05) is 44.3 Å². The summed E-state index contributed by atoms with van der Waals surface area (Å²) in [6.45, 7) is 9.34. The molecular weight excluding hydrogens is 1030 g/mol. The van der Waals surface area contributed by atoms with Crippen molar-refractivity contribution in [2.45, 2.75) is 121 Å². The number of amides is 4. The summed E-state index contributed by atoms with van der Waals surface area (Å²) in [5, 5.41) is 12.6. The second kappa shape index (κ2) is 22.5. The van der Waals surface area contributed by atoms with Crippen LogP contribution in [-0.4, -0.2) is 116 Å². The van der Waals surface area contributed by atoms with Crippen molar-refractivity contribution in [3.63, 3.8) is 0 Å². The maximum atomic E-state index is 17.2. The standard InChI is InChI=1S/C63H72F2N10O6/c1-37(2)54(70-61(78)81-6)59(76)73-29-13-19-52(73)57-66-46-23-21-39(33-48(46)68-57)50-25-26-51(40-22-24-47-49(34-40)69-58(67-47)53-20-14-30-74(53)60(77)55(38(3)4)71(5)62(79)80)75(50)43-35-44(64)56(45(65)36-43)72-31-27-63(28-32-72,41-15-9-7-10-16-41)42-17-11-8-12-18-42/h7-12,15-18,21-24,33-38,50-55H,13-14,19-20,25-32H2,1-6H3,(H,66,68)(H,67,69)(H,70,78)(H,79,80)/t50-,51-,52+,53+,54+,55+/m1/s1. The highest BCUT2D eigenvalue weighted by Gasteiger charge is 2.43. The first-order chi connectivity index (χ1) is 39.0. The molecule has 2 aromatic heterocycles. The van der Waals surface area contributed by atoms with Gasteiger partial charge in [0.25, 0.3) is 0 Å². The number of fused-ring (bicyclic) bond motifs is 2. The number of carboxylic acid groups (broad SMARTS) is 1. The monoisotopic (exact) mass is 1100 g/mol. The summed E-state index contributed by atoms with van der Waals surface area (Å²) in [6, 6.07) is 32.8. The zero-order chi connectivity index (χ0) is 56.9. The third-order valence-electron chi connectivity index (χ3n) is 17.8. The molecule has 4 aliphatic heterocycles. The molecule has 18 heteroatoms. The van der Waals surface area contributed by atoms with Gasteiger partial charge in [0.2, 0.25) is 11.8 Å². The van der Waals surface area contributed by atoms with E-state index in [-0.39, 0.29) is 58.9 Å². The maximum absolute atomic E-state index is 17.2. The number of likely N-dealkylation sites (tertiary alicyclic amines) is 2. The van der Waals surface area contributed by atoms with Gasteiger partial charge in [-0.15, -0.1) is 0 Å². The van der Waals surface area contributed by atoms with Crippen LogP contribution in [0, 0.1) is 23.5 Å². The van der Waals surface area contributed by atoms with Crippen LogP contribution in [0.3, 0.4) is 0 Å². The molecule has 81 heavy (non-hydrogen) atoms. The van der Waals surface area contributed by atoms with E-state index in [1.54, 1.807) is 9.80 Å². The summed E-state index contributed by atoms with van der Waals surface area (Å²) in [5.41, 5.74) is 7.19. The predicted octanol–water partition coefficient (Wildman–Crippen LogP) is 11.7. The highest BCUT2D eigenvalue weighted by atomic mass is 19.1. The SMILES string of the molecule is COC(=O)N[C@H](C(=O)N1CCC[C@H]1c1nc2ccc([C@H]3CC[C@H](c4ccc5nc([C@@H]6CCCN6C(=O)[C@H](C(C)C)N(C)C(=O)O)[nH]c5c4)N3c3cc(F)c(N4CCC(c5ccccc5)(c5ccccc5)CC4)c(F)c3)cc2[nH]1)C(C)C. The minimum absolute atomic E-state index is 0.0347. The summed E-state index contributed by atoms with van der Waals surface area (Å²) in [4.78, 5) is 78.2. The number of aromatic amines is 2. The Morgan fingerprint density at radius 2 is 1.16 bits per heavy atom. The number of nitrogens with zero attached hydrogens (tertiary/aromatic N) is 7. The van der Waals surface area contributed by atoms with Crippen molar-refractivity contribution in [3.8, 4) is 0 Å². The van der Waals surface area contributed by atoms with Crippen LogP contribution in [0.2, 0.25) is 0 Å². The molecule has 6 heterocycles. The molecule has 4 fully saturated rings. The fourth-order valence-corrected chi connectivity index (χ4v) is 13.7. The normalized spacial score (nSPS) is 20.9. The van der Waals surface area contributed by atoms with E-state index in [2.05, 4.69) is 50.5 Å². The molecule has 7 aromatic rings. The van der Waals surface area contributed by atoms with Crippen molar-refractivity contribution in [1.82, 2.24) is 40.0 Å². The highest BCUT2D eigenvalue weighted by Crippen LogP contribution is 2.50. The zero-order valence-corrected chi connectivity index (χ0v) is 46.9. The summed E-state index contributed by atoms with van der Waals surface area (Å²) in [5.74, 6) is -0.903. The predicted molar refractivity (Wildman–Crippen MR) is 307 cm³/mol. The number of carbonyl (C=O) groups is 4. The van der Waals surface area contributed by atoms with E-state index < -0.39 is 35.9 Å². The van der Waals surface area contributed by atoms with Gasteiger partial charge in [-0.05, 0) is 122 Å². The third-order valence-corrected chi connectivity index (χ3v) is 17.8. The molecule has 4 aliphatic rings. The number of anilines is 2. The molecule has 424 valence electrons. The van der Waals surface area contributed by atoms with E-state index in [0.29, 0.717) is 93.1 Å². The van der Waals surface area contributed by atoms with E-state index in [1.165, 1.54) is 37.4 Å². The molecule has 0 bridgehead atoms. The van der Waals surface area contributed by atoms with Gasteiger partial charge in [0.05, 0.1) is 53.3 Å². The Bertz CT molecular complexity index is 3390. The number of hydrogen-bond acceptors (Lipinski definition) is 9. The fraction of sp³-hybridized carbons (Fsp3) is 0.429. The topological polar surface area (TPSA) is 183 Å². The molecule has 4 amide bonds. The first kappa shape index (κ1) is 54.9. The van der Waals surface area contributed by atoms with E-state index in [4.69, 9.17) is 14.7 Å². The second-order valence-electron chi connectivity index (χ2n) is 23.2. The van der Waals surface area contributed by atoms with Crippen LogP contribution >= 0.6 is 0 Å². The molecule has 0 saturated carbocycles. The molecule has 0 radical (unpaired) electrons. The lowest BCUT2D eigenvalue weighted by atomic mass is 9.68. The number of hydrogen-bond donors (Lipinski definition) is 4. The van der Waals surface area contributed by atoms with Gasteiger partial charge in [-0.3, -0.25) is 14.5 Å². The van der Waals surface area contributed by atoms with Crippen LogP contribution < -0.4 is 15.1 Å². The van der Waals surface area contributed by atoms with Gasteiger partial charge in [-0.2, -0.15) is 0 Å². The van der Waals surface area contributed by atoms with Crippen molar-refractivity contribution in [2.24, 2.45) is 11.8 Å². The van der Waals surface area contributed by atoms with Crippen LogP contribution in [0.15, 0.2) is 109 Å². The molecule has 16 nitrogen and oxygen atoms in total. The number of methoxy groups -OCH3 is 1. The van der Waals surface area contributed by atoms with Gasteiger partial charge in [0.15, 0.2) is 11.6 Å². The summed E-state index contributed by atoms with van der Waals surface area (Å²) in [6.07, 6.45) is 3.66. The number of halogens is 2. The van der Waals surface area contributed by atoms with Crippen molar-refractivity contribution in [3.05, 3.63) is 155 Å². The molecular formula is C63H72F2N10O6. The maximum Gasteiger partial charge on any atom is 0.407 e. The van der Waals surface area contributed by atoms with Gasteiger partial charge < -0.3 is 44.7 Å². The Kier molecular flexibility index (Phi) is 15.2. The third kappa shape index (κ3) is 10.3. The van der Waals surface area contributed by atoms with E-state index in [0.717, 1.165) is 39.9 Å². The van der Waals surface area contributed by atoms with Crippen molar-refractivity contribution in [1.29, 1.82) is 0 Å². The number of ether oxygens (including phenoxy) is 1. The zero-order valence-electron chi connectivity index (χ0n) is 46.9. The number of benzene rings is 5. The van der Waals surface area contributed by atoms with E-state index >= 15 is 8.78 Å². The number of nitrogens with one attached hydrogen (secondary N) is 3. The number of H-pyrrole nitrogens is 2. The lowest BCUT2D eigenvalue weighted by Crippen LogP contribution is -2.51. The second-order valence-corrected chi connectivity index (χ2v) is 23.2. The average Bonchev–Trinajstić information content (AvgIpc) is 4.49. The number of imidazole rings is 2. The molecule has 11 rings (SSSR count). The Labute approximate surface area is 470 Å². The molecule has 0 spiro atoms. The summed E-state index contributed by atoms with van der Waals surface area (Å²) >= 11 is 0. The van der Waals surface area contributed by atoms with Crippen LogP contribution in [0.25, 0.3) is 22.1 Å². The number of carbonyl (C=O) groups excluding carboxylic acids is 3. The quantitative estimate of drug-likeness (QED) is 0.0817. The Balaban J connectivity index is 0.924. The van der Waals surface area contributed by atoms with Gasteiger partial charge in [-0.25, -0.2) is 28.3 Å². The first-order valence-corrected chi connectivity index (χ1v) is 28.6. The highest BCUT2D eigenvalue weighted by molar-refractivity contribution is 5.87. The van der Waals surface area contributed by atoms with Crippen molar-refractivity contribution < 1.29 is 37.8 Å². The molecule has 6 atom stereocenters. The lowest BCUT2D eigenvalue weighted by Gasteiger charge is -2.44. The molecule has 0 unspecified atom stereocenters. The Morgan fingerprint density at radius 3 is 1.62 bits per heavy atom. The van der Waals surface area contributed by atoms with E-state index in [1.807, 2.05) is 99.3 Å². The van der Waals surface area contributed by atoms with Crippen LogP contribution in [-0.2, 0) is 19.7 Å². The molecule has 5 aromatic carbocycles. The average molecular weight is 1100 g/mol. The summed E-state index contributed by atoms with van der Waals surface area (Å²) < 4.78 is 39.3. The van der Waals surface area contributed by atoms with Crippen molar-refractivity contribution >= 4 is 57.4 Å². The fourth-order valence-electron chi connectivity index (χ4n) is 13.7. The van der Waals surface area contributed by atoms with Gasteiger partial charge in [0.1, 0.15) is 29.4 Å². The van der Waals surface area contributed by atoms with Crippen LogP contribution in [0.4, 0.5) is 29.7 Å². The lowest BCUT2D eigenvalue weighted by molar-refractivity contribution is -0.138. The van der Waals surface area contributed by atoms with Gasteiger partial charge in [-0.1, -0.05) is 100 Å². The smallest absolute Gasteiger partial charge is 0.407 e. The number of aromatic nitrogens is 4. The number of rotatable bonds is 14. The number of likely N-dealkylation sites (N-methyl/N-ethyl adjacent to an activating group) is 1. The Hall–Kier alpha value is -8.02. The van der Waals surface area contributed by atoms with Crippen molar-refractivity contribution in [2.75, 3.05) is 50.1 Å². The molecule has 4 N–H and O–H groups in total. The first-order valence-electron chi connectivity index (χ1n) is 28.6. The van der Waals surface area contributed by atoms with Crippen LogP contribution in [0.5, 0.6) is 0 Å². The Morgan fingerprint density at radius 1 is 0.667 bits per heavy atom. The molecule has 4 saturated heterocycles. The van der Waals surface area contributed by atoms with Gasteiger partial charge >= 0.3 is 12.2 Å².